The summed E-state index contributed by atoms with van der Waals surface area (Å²) in [4.78, 5) is 0. The van der Waals surface area contributed by atoms with E-state index in [1.54, 1.807) is 6.92 Å². The highest BCUT2D eigenvalue weighted by molar-refractivity contribution is 7.89. The van der Waals surface area contributed by atoms with Crippen LogP contribution in [0.2, 0.25) is 0 Å². The number of hydrogen-bond donors (Lipinski definition) is 2. The second-order valence-electron chi connectivity index (χ2n) is 5.13. The van der Waals surface area contributed by atoms with Gasteiger partial charge in [0.2, 0.25) is 10.0 Å². The SMILES string of the molecule is CCS(=O)(=O)NCCCNS(=O)(=O)N1CCC(C)CC1. The Morgan fingerprint density at radius 3 is 2.15 bits per heavy atom. The highest BCUT2D eigenvalue weighted by atomic mass is 32.2. The van der Waals surface area contributed by atoms with Gasteiger partial charge in [-0.05, 0) is 32.1 Å². The molecule has 1 aliphatic heterocycles. The minimum atomic E-state index is -3.42. The molecule has 0 radical (unpaired) electrons. The third-order valence-corrected chi connectivity index (χ3v) is 6.44. The van der Waals surface area contributed by atoms with Crippen LogP contribution < -0.4 is 9.44 Å². The van der Waals surface area contributed by atoms with E-state index in [2.05, 4.69) is 16.4 Å². The van der Waals surface area contributed by atoms with Crippen molar-refractivity contribution in [2.45, 2.75) is 33.1 Å². The summed E-state index contributed by atoms with van der Waals surface area (Å²) < 4.78 is 52.7. The summed E-state index contributed by atoms with van der Waals surface area (Å²) in [6.45, 7) is 5.27. The van der Waals surface area contributed by atoms with Crippen LogP contribution in [0.3, 0.4) is 0 Å². The molecule has 1 saturated heterocycles. The Morgan fingerprint density at radius 2 is 1.60 bits per heavy atom. The maximum Gasteiger partial charge on any atom is 0.279 e. The molecule has 9 heteroatoms. The van der Waals surface area contributed by atoms with Gasteiger partial charge in [0.1, 0.15) is 0 Å². The first-order chi connectivity index (χ1) is 9.27. The molecule has 0 saturated carbocycles. The van der Waals surface area contributed by atoms with Crippen LogP contribution in [-0.4, -0.2) is 53.1 Å². The van der Waals surface area contributed by atoms with Crippen molar-refractivity contribution >= 4 is 20.2 Å². The van der Waals surface area contributed by atoms with Gasteiger partial charge in [0.15, 0.2) is 0 Å². The fraction of sp³-hybridized carbons (Fsp3) is 1.00. The van der Waals surface area contributed by atoms with Gasteiger partial charge in [-0.15, -0.1) is 0 Å². The molecule has 7 nitrogen and oxygen atoms in total. The highest BCUT2D eigenvalue weighted by Crippen LogP contribution is 2.17. The van der Waals surface area contributed by atoms with Crippen molar-refractivity contribution in [2.24, 2.45) is 5.92 Å². The van der Waals surface area contributed by atoms with Crippen molar-refractivity contribution in [3.8, 4) is 0 Å². The molecule has 1 fully saturated rings. The number of nitrogens with zero attached hydrogens (tertiary/aromatic N) is 1. The quantitative estimate of drug-likeness (QED) is 0.608. The van der Waals surface area contributed by atoms with E-state index in [1.807, 2.05) is 0 Å². The van der Waals surface area contributed by atoms with Gasteiger partial charge in [0.05, 0.1) is 5.75 Å². The Kier molecular flexibility index (Phi) is 6.86. The molecular formula is C11H25N3O4S2. The topological polar surface area (TPSA) is 95.6 Å². The van der Waals surface area contributed by atoms with Crippen LogP contribution in [0.5, 0.6) is 0 Å². The zero-order valence-corrected chi connectivity index (χ0v) is 13.8. The van der Waals surface area contributed by atoms with Crippen molar-refractivity contribution in [3.63, 3.8) is 0 Å². The standard InChI is InChI=1S/C11H25N3O4S2/c1-3-19(15,16)12-7-4-8-13-20(17,18)14-9-5-11(2)6-10-14/h11-13H,3-10H2,1-2H3. The molecule has 0 amide bonds. The summed E-state index contributed by atoms with van der Waals surface area (Å²) in [5.74, 6) is 0.606. The minimum Gasteiger partial charge on any atom is -0.215 e. The number of rotatable bonds is 8. The van der Waals surface area contributed by atoms with Gasteiger partial charge in [-0.25, -0.2) is 17.9 Å². The van der Waals surface area contributed by atoms with Crippen molar-refractivity contribution < 1.29 is 16.8 Å². The molecule has 0 atom stereocenters. The van der Waals surface area contributed by atoms with Crippen LogP contribution in [0, 0.1) is 5.92 Å². The zero-order valence-electron chi connectivity index (χ0n) is 12.1. The van der Waals surface area contributed by atoms with E-state index in [-0.39, 0.29) is 18.8 Å². The first kappa shape index (κ1) is 17.8. The van der Waals surface area contributed by atoms with Crippen molar-refractivity contribution in [3.05, 3.63) is 0 Å². The normalized spacial score (nSPS) is 19.3. The van der Waals surface area contributed by atoms with E-state index < -0.39 is 20.2 Å². The predicted octanol–water partition coefficient (Wildman–Crippen LogP) is -0.118. The lowest BCUT2D eigenvalue weighted by atomic mass is 10.0. The monoisotopic (exact) mass is 327 g/mol. The van der Waals surface area contributed by atoms with E-state index in [1.165, 1.54) is 4.31 Å². The van der Waals surface area contributed by atoms with Gasteiger partial charge >= 0.3 is 0 Å². The van der Waals surface area contributed by atoms with Crippen molar-refractivity contribution in [1.82, 2.24) is 13.7 Å². The van der Waals surface area contributed by atoms with E-state index in [0.29, 0.717) is 25.4 Å². The molecule has 0 spiro atoms. The van der Waals surface area contributed by atoms with E-state index in [4.69, 9.17) is 0 Å². The Morgan fingerprint density at radius 1 is 1.05 bits per heavy atom. The summed E-state index contributed by atoms with van der Waals surface area (Å²) in [7, 11) is -6.62. The summed E-state index contributed by atoms with van der Waals surface area (Å²) in [6, 6.07) is 0. The van der Waals surface area contributed by atoms with E-state index in [0.717, 1.165) is 12.8 Å². The van der Waals surface area contributed by atoms with Gasteiger partial charge in [-0.1, -0.05) is 6.92 Å². The van der Waals surface area contributed by atoms with Crippen LogP contribution in [0.4, 0.5) is 0 Å². The van der Waals surface area contributed by atoms with Gasteiger partial charge in [-0.2, -0.15) is 12.7 Å². The molecule has 0 aromatic heterocycles. The Labute approximate surface area is 122 Å². The van der Waals surface area contributed by atoms with Gasteiger partial charge in [0, 0.05) is 26.2 Å². The van der Waals surface area contributed by atoms with Crippen molar-refractivity contribution in [2.75, 3.05) is 31.9 Å². The third-order valence-electron chi connectivity index (χ3n) is 3.42. The zero-order chi connectivity index (χ0) is 15.2. The van der Waals surface area contributed by atoms with Gasteiger partial charge in [-0.3, -0.25) is 0 Å². The number of hydrogen-bond acceptors (Lipinski definition) is 4. The predicted molar refractivity (Wildman–Crippen MR) is 79.0 cm³/mol. The summed E-state index contributed by atoms with van der Waals surface area (Å²) >= 11 is 0. The van der Waals surface area contributed by atoms with Crippen LogP contribution in [0.15, 0.2) is 0 Å². The van der Waals surface area contributed by atoms with Crippen LogP contribution in [-0.2, 0) is 20.2 Å². The van der Waals surface area contributed by atoms with Gasteiger partial charge in [0.25, 0.3) is 10.2 Å². The average molecular weight is 327 g/mol. The Balaban J connectivity index is 2.27. The summed E-state index contributed by atoms with van der Waals surface area (Å²) in [5, 5.41) is 0. The fourth-order valence-electron chi connectivity index (χ4n) is 1.94. The molecule has 1 heterocycles. The van der Waals surface area contributed by atoms with Gasteiger partial charge < -0.3 is 0 Å². The average Bonchev–Trinajstić information content (AvgIpc) is 2.38. The maximum atomic E-state index is 12.0. The summed E-state index contributed by atoms with van der Waals surface area (Å²) in [6.07, 6.45) is 2.21. The number of nitrogens with one attached hydrogen (secondary N) is 2. The smallest absolute Gasteiger partial charge is 0.215 e. The first-order valence-electron chi connectivity index (χ1n) is 6.99. The fourth-order valence-corrected chi connectivity index (χ4v) is 3.87. The van der Waals surface area contributed by atoms with Crippen LogP contribution in [0.25, 0.3) is 0 Å². The molecule has 120 valence electrons. The molecule has 0 aromatic rings. The third kappa shape index (κ3) is 6.04. The molecule has 0 aliphatic carbocycles. The van der Waals surface area contributed by atoms with Crippen LogP contribution >= 0.6 is 0 Å². The first-order valence-corrected chi connectivity index (χ1v) is 10.1. The lowest BCUT2D eigenvalue weighted by molar-refractivity contribution is 0.285. The molecule has 1 aliphatic rings. The Hall–Kier alpha value is -0.220. The Bertz CT molecular complexity index is 482. The molecule has 0 unspecified atom stereocenters. The van der Waals surface area contributed by atoms with E-state index >= 15 is 0 Å². The van der Waals surface area contributed by atoms with E-state index in [9.17, 15) is 16.8 Å². The molecular weight excluding hydrogens is 302 g/mol. The van der Waals surface area contributed by atoms with Crippen LogP contribution in [0.1, 0.15) is 33.1 Å². The summed E-state index contributed by atoms with van der Waals surface area (Å²) in [5.41, 5.74) is 0. The molecule has 0 aromatic carbocycles. The number of sulfonamides is 1. The number of piperidine rings is 1. The largest absolute Gasteiger partial charge is 0.279 e. The second-order valence-corrected chi connectivity index (χ2v) is 8.98. The maximum absolute atomic E-state index is 12.0. The molecule has 0 bridgehead atoms. The molecule has 2 N–H and O–H groups in total. The molecule has 1 rings (SSSR count). The lowest BCUT2D eigenvalue weighted by Gasteiger charge is -2.29. The highest BCUT2D eigenvalue weighted by Gasteiger charge is 2.25. The second kappa shape index (κ2) is 7.69. The van der Waals surface area contributed by atoms with Crippen molar-refractivity contribution in [1.29, 1.82) is 0 Å². The lowest BCUT2D eigenvalue weighted by Crippen LogP contribution is -2.45. The molecule has 20 heavy (non-hydrogen) atoms. The minimum absolute atomic E-state index is 0.0324.